The first-order valence-corrected chi connectivity index (χ1v) is 9.92. The van der Waals surface area contributed by atoms with Crippen molar-refractivity contribution in [2.45, 2.75) is 19.9 Å². The average Bonchev–Trinajstić information content (AvgIpc) is 3.17. The lowest BCUT2D eigenvalue weighted by Crippen LogP contribution is -2.39. The van der Waals surface area contributed by atoms with Crippen LogP contribution in [0.5, 0.6) is 0 Å². The minimum atomic E-state index is -0.680. The fourth-order valence-corrected chi connectivity index (χ4v) is 3.83. The van der Waals surface area contributed by atoms with E-state index in [1.807, 2.05) is 24.0 Å². The molecule has 2 aromatic heterocycles. The quantitative estimate of drug-likeness (QED) is 0.596. The number of ketones is 1. The number of hydrogen-bond donors (Lipinski definition) is 0. The Bertz CT molecular complexity index is 1230. The van der Waals surface area contributed by atoms with Crippen molar-refractivity contribution in [2.75, 3.05) is 31.2 Å². The second-order valence-electron chi connectivity index (χ2n) is 7.67. The topological polar surface area (TPSA) is 91.4 Å². The molecule has 1 aliphatic heterocycles. The summed E-state index contributed by atoms with van der Waals surface area (Å²) in [5.74, 6) is 0.374. The maximum atomic E-state index is 13.3. The largest absolute Gasteiger partial charge is 0.378 e. The number of anilines is 1. The van der Waals surface area contributed by atoms with Crippen LogP contribution in [0.1, 0.15) is 28.9 Å². The van der Waals surface area contributed by atoms with Gasteiger partial charge < -0.3 is 9.64 Å². The highest BCUT2D eigenvalue weighted by molar-refractivity contribution is 6.00. The molecule has 0 radical (unpaired) electrons. The first-order chi connectivity index (χ1) is 14.3. The molecule has 1 aromatic carbocycles. The van der Waals surface area contributed by atoms with Gasteiger partial charge in [-0.05, 0) is 13.8 Å². The third kappa shape index (κ3) is 3.15. The number of aromatic nitrogens is 4. The highest BCUT2D eigenvalue weighted by Crippen LogP contribution is 2.27. The first kappa shape index (κ1) is 20.1. The van der Waals surface area contributed by atoms with Crippen molar-refractivity contribution in [1.29, 1.82) is 0 Å². The number of ether oxygens (including phenoxy) is 1. The van der Waals surface area contributed by atoms with Gasteiger partial charge in [-0.2, -0.15) is 4.98 Å². The molecule has 9 heteroatoms. The number of aryl methyl sites for hydroxylation is 2. The van der Waals surface area contributed by atoms with E-state index in [1.165, 1.54) is 11.6 Å². The van der Waals surface area contributed by atoms with Crippen molar-refractivity contribution in [3.63, 3.8) is 0 Å². The Morgan fingerprint density at radius 2 is 1.70 bits per heavy atom. The molecular formula is C21H25N5O4. The number of hydrogen-bond acceptors (Lipinski definition) is 6. The number of rotatable bonds is 4. The Balaban J connectivity index is 1.95. The molecule has 30 heavy (non-hydrogen) atoms. The number of carbonyl (C=O) groups excluding carboxylic acids is 1. The molecule has 1 saturated heterocycles. The molecule has 0 saturated carbocycles. The lowest BCUT2D eigenvalue weighted by atomic mass is 10.0. The van der Waals surface area contributed by atoms with E-state index in [0.717, 1.165) is 10.1 Å². The van der Waals surface area contributed by atoms with Crippen molar-refractivity contribution in [3.05, 3.63) is 56.2 Å². The highest BCUT2D eigenvalue weighted by atomic mass is 16.5. The highest BCUT2D eigenvalue weighted by Gasteiger charge is 2.29. The van der Waals surface area contributed by atoms with Gasteiger partial charge in [-0.3, -0.25) is 23.3 Å². The third-order valence-electron chi connectivity index (χ3n) is 5.67. The van der Waals surface area contributed by atoms with Gasteiger partial charge in [-0.25, -0.2) is 4.79 Å². The second kappa shape index (κ2) is 7.56. The second-order valence-corrected chi connectivity index (χ2v) is 7.67. The maximum absolute atomic E-state index is 13.3. The fourth-order valence-electron chi connectivity index (χ4n) is 3.83. The van der Waals surface area contributed by atoms with Crippen molar-refractivity contribution in [1.82, 2.24) is 18.7 Å². The summed E-state index contributed by atoms with van der Waals surface area (Å²) in [5, 5.41) is 0. The van der Waals surface area contributed by atoms with Crippen molar-refractivity contribution < 1.29 is 9.53 Å². The number of morpholine rings is 1. The van der Waals surface area contributed by atoms with Gasteiger partial charge in [0.25, 0.3) is 5.56 Å². The number of Topliss-reactive ketones (excluding diaryl/α,β-unsaturated/α-hetero) is 1. The minimum absolute atomic E-state index is 0.125. The van der Waals surface area contributed by atoms with Gasteiger partial charge in [0, 0.05) is 32.7 Å². The van der Waals surface area contributed by atoms with E-state index in [2.05, 4.69) is 4.98 Å². The number of carbonyl (C=O) groups is 1. The average molecular weight is 411 g/mol. The van der Waals surface area contributed by atoms with E-state index in [-0.39, 0.29) is 16.9 Å². The zero-order valence-electron chi connectivity index (χ0n) is 17.6. The summed E-state index contributed by atoms with van der Waals surface area (Å²) in [6.07, 6.45) is 0. The van der Waals surface area contributed by atoms with Gasteiger partial charge in [-0.1, -0.05) is 29.8 Å². The number of fused-ring (bicyclic) bond motifs is 1. The smallest absolute Gasteiger partial charge is 0.332 e. The molecule has 0 aliphatic carbocycles. The summed E-state index contributed by atoms with van der Waals surface area (Å²) >= 11 is 0. The van der Waals surface area contributed by atoms with E-state index < -0.39 is 17.3 Å². The molecule has 0 N–H and O–H groups in total. The van der Waals surface area contributed by atoms with Gasteiger partial charge >= 0.3 is 5.69 Å². The van der Waals surface area contributed by atoms with Gasteiger partial charge in [0.15, 0.2) is 16.9 Å². The molecule has 0 spiro atoms. The van der Waals surface area contributed by atoms with E-state index >= 15 is 0 Å². The van der Waals surface area contributed by atoms with E-state index in [0.29, 0.717) is 37.8 Å². The van der Waals surface area contributed by atoms with Gasteiger partial charge in [0.05, 0.1) is 19.3 Å². The summed E-state index contributed by atoms with van der Waals surface area (Å²) in [7, 11) is 3.01. The van der Waals surface area contributed by atoms with Crippen LogP contribution in [0, 0.1) is 6.92 Å². The maximum Gasteiger partial charge on any atom is 0.332 e. The fraction of sp³-hybridized carbons (Fsp3) is 0.429. The van der Waals surface area contributed by atoms with E-state index in [9.17, 15) is 14.4 Å². The molecule has 1 aliphatic rings. The van der Waals surface area contributed by atoms with Crippen LogP contribution in [-0.2, 0) is 18.8 Å². The van der Waals surface area contributed by atoms with Crippen LogP contribution in [0.4, 0.5) is 5.95 Å². The molecule has 158 valence electrons. The predicted molar refractivity (Wildman–Crippen MR) is 113 cm³/mol. The first-order valence-electron chi connectivity index (χ1n) is 9.92. The van der Waals surface area contributed by atoms with Crippen LogP contribution in [0.15, 0.2) is 33.9 Å². The zero-order chi connectivity index (χ0) is 21.6. The van der Waals surface area contributed by atoms with Crippen LogP contribution in [0.3, 0.4) is 0 Å². The van der Waals surface area contributed by atoms with Crippen LogP contribution >= 0.6 is 0 Å². The Morgan fingerprint density at radius 3 is 2.33 bits per heavy atom. The summed E-state index contributed by atoms with van der Waals surface area (Å²) in [6.45, 7) is 5.95. The third-order valence-corrected chi connectivity index (χ3v) is 5.67. The van der Waals surface area contributed by atoms with E-state index in [4.69, 9.17) is 4.74 Å². The van der Waals surface area contributed by atoms with Crippen molar-refractivity contribution in [3.8, 4) is 0 Å². The monoisotopic (exact) mass is 411 g/mol. The standard InChI is InChI=1S/C21H25N5O4/c1-13-5-7-15(8-6-13)17(27)14(2)26-16-18(23(3)21(29)24(4)19(16)28)22-20(26)25-9-11-30-12-10-25/h5-8,14H,9-12H2,1-4H3. The Morgan fingerprint density at radius 1 is 1.07 bits per heavy atom. The van der Waals surface area contributed by atoms with Gasteiger partial charge in [-0.15, -0.1) is 0 Å². The Kier molecular flexibility index (Phi) is 5.07. The molecule has 3 heterocycles. The molecule has 1 atom stereocenters. The SMILES string of the molecule is Cc1ccc(C(=O)C(C)n2c(N3CCOCC3)nc3c2c(=O)n(C)c(=O)n3C)cc1. The Labute approximate surface area is 173 Å². The summed E-state index contributed by atoms with van der Waals surface area (Å²) in [6, 6.07) is 6.67. The van der Waals surface area contributed by atoms with Crippen LogP contribution < -0.4 is 16.1 Å². The molecule has 4 rings (SSSR count). The normalized spacial score (nSPS) is 15.5. The predicted octanol–water partition coefficient (Wildman–Crippen LogP) is 1.02. The van der Waals surface area contributed by atoms with Crippen LogP contribution in [-0.4, -0.2) is 50.8 Å². The lowest BCUT2D eigenvalue weighted by molar-refractivity contribution is 0.0935. The minimum Gasteiger partial charge on any atom is -0.378 e. The number of imidazole rings is 1. The molecule has 9 nitrogen and oxygen atoms in total. The molecule has 3 aromatic rings. The summed E-state index contributed by atoms with van der Waals surface area (Å²) < 4.78 is 9.51. The van der Waals surface area contributed by atoms with Crippen LogP contribution in [0.25, 0.3) is 11.2 Å². The van der Waals surface area contributed by atoms with Crippen molar-refractivity contribution >= 4 is 22.9 Å². The summed E-state index contributed by atoms with van der Waals surface area (Å²) in [4.78, 5) is 45.4. The van der Waals surface area contributed by atoms with Crippen LogP contribution in [0.2, 0.25) is 0 Å². The van der Waals surface area contributed by atoms with Gasteiger partial charge in [0.1, 0.15) is 0 Å². The summed E-state index contributed by atoms with van der Waals surface area (Å²) in [5.41, 5.74) is 1.21. The molecule has 0 amide bonds. The molecule has 0 bridgehead atoms. The molecular weight excluding hydrogens is 386 g/mol. The zero-order valence-corrected chi connectivity index (χ0v) is 17.6. The number of benzene rings is 1. The molecule has 1 fully saturated rings. The number of nitrogens with zero attached hydrogens (tertiary/aromatic N) is 5. The van der Waals surface area contributed by atoms with E-state index in [1.54, 1.807) is 30.7 Å². The van der Waals surface area contributed by atoms with Crippen molar-refractivity contribution in [2.24, 2.45) is 14.1 Å². The molecule has 1 unspecified atom stereocenters. The lowest BCUT2D eigenvalue weighted by Gasteiger charge is -2.29. The van der Waals surface area contributed by atoms with Gasteiger partial charge in [0.2, 0.25) is 5.95 Å². The Hall–Kier alpha value is -3.20.